The predicted octanol–water partition coefficient (Wildman–Crippen LogP) is 4.11. The summed E-state index contributed by atoms with van der Waals surface area (Å²) in [7, 11) is 0. The quantitative estimate of drug-likeness (QED) is 0.713. The minimum absolute atomic E-state index is 0.0621. The molecule has 0 aliphatic heterocycles. The molecule has 0 aromatic heterocycles. The molecule has 3 rings (SSSR count). The molecular formula is C21H19NO3. The van der Waals surface area contributed by atoms with Crippen LogP contribution in [-0.4, -0.2) is 17.0 Å². The van der Waals surface area contributed by atoms with Gasteiger partial charge in [0.15, 0.2) is 0 Å². The number of para-hydroxylation sites is 1. The zero-order valence-corrected chi connectivity index (χ0v) is 13.7. The molecule has 0 bridgehead atoms. The molecule has 0 fully saturated rings. The summed E-state index contributed by atoms with van der Waals surface area (Å²) in [5.74, 6) is -2.02. The summed E-state index contributed by atoms with van der Waals surface area (Å²) >= 11 is 0. The molecule has 4 nitrogen and oxygen atoms in total. The first-order valence-electron chi connectivity index (χ1n) is 8.18. The van der Waals surface area contributed by atoms with Crippen LogP contribution in [0, 0.1) is 5.92 Å². The molecule has 2 N–H and O–H groups in total. The van der Waals surface area contributed by atoms with Crippen LogP contribution in [0.25, 0.3) is 10.8 Å². The van der Waals surface area contributed by atoms with E-state index in [0.29, 0.717) is 12.1 Å². The summed E-state index contributed by atoms with van der Waals surface area (Å²) in [6.07, 6.45) is 0.256. The van der Waals surface area contributed by atoms with Gasteiger partial charge in [0.1, 0.15) is 0 Å². The number of aliphatic carboxylic acids is 1. The topological polar surface area (TPSA) is 66.4 Å². The Hall–Kier alpha value is -3.14. The highest BCUT2D eigenvalue weighted by atomic mass is 16.4. The Balaban J connectivity index is 1.75. The summed E-state index contributed by atoms with van der Waals surface area (Å²) in [4.78, 5) is 23.9. The molecule has 0 heterocycles. The molecule has 1 amide bonds. The third-order valence-corrected chi connectivity index (χ3v) is 4.18. The summed E-state index contributed by atoms with van der Waals surface area (Å²) < 4.78 is 0. The van der Waals surface area contributed by atoms with Gasteiger partial charge in [0.2, 0.25) is 5.91 Å². The number of hydrogen-bond acceptors (Lipinski definition) is 2. The second-order valence-corrected chi connectivity index (χ2v) is 6.00. The number of nitrogens with one attached hydrogen (secondary N) is 1. The minimum atomic E-state index is -0.962. The Bertz CT molecular complexity index is 885. The van der Waals surface area contributed by atoms with Gasteiger partial charge in [0.05, 0.1) is 5.92 Å². The van der Waals surface area contributed by atoms with E-state index < -0.39 is 11.9 Å². The van der Waals surface area contributed by atoms with Crippen molar-refractivity contribution < 1.29 is 14.7 Å². The van der Waals surface area contributed by atoms with Gasteiger partial charge in [-0.25, -0.2) is 0 Å². The van der Waals surface area contributed by atoms with Crippen LogP contribution in [0.2, 0.25) is 0 Å². The van der Waals surface area contributed by atoms with E-state index in [9.17, 15) is 14.7 Å². The number of amides is 1. The van der Waals surface area contributed by atoms with Crippen molar-refractivity contribution in [1.29, 1.82) is 0 Å². The highest BCUT2D eigenvalue weighted by molar-refractivity contribution is 5.93. The van der Waals surface area contributed by atoms with Crippen LogP contribution in [0.5, 0.6) is 0 Å². The van der Waals surface area contributed by atoms with Gasteiger partial charge in [0.25, 0.3) is 0 Å². The van der Waals surface area contributed by atoms with Crippen molar-refractivity contribution in [2.24, 2.45) is 5.92 Å². The number of carboxylic acids is 1. The fourth-order valence-electron chi connectivity index (χ4n) is 2.94. The van der Waals surface area contributed by atoms with Gasteiger partial charge >= 0.3 is 5.97 Å². The maximum atomic E-state index is 12.2. The predicted molar refractivity (Wildman–Crippen MR) is 98.5 cm³/mol. The number of carbonyl (C=O) groups excluding carboxylic acids is 1. The highest BCUT2D eigenvalue weighted by Gasteiger charge is 2.22. The first-order valence-corrected chi connectivity index (χ1v) is 8.18. The van der Waals surface area contributed by atoms with Crippen molar-refractivity contribution in [3.05, 3.63) is 78.4 Å². The van der Waals surface area contributed by atoms with Crippen molar-refractivity contribution >= 4 is 28.3 Å². The van der Waals surface area contributed by atoms with E-state index in [1.54, 1.807) is 12.1 Å². The molecule has 126 valence electrons. The monoisotopic (exact) mass is 333 g/mol. The van der Waals surface area contributed by atoms with Crippen molar-refractivity contribution in [2.45, 2.75) is 12.8 Å². The standard InChI is InChI=1S/C21H19NO3/c23-20(22-18-10-2-1-3-11-18)14-17(21(24)25)13-16-9-6-8-15-7-4-5-12-19(15)16/h1-12,17H,13-14H2,(H,22,23)(H,24,25). The van der Waals surface area contributed by atoms with E-state index in [1.807, 2.05) is 60.7 Å². The smallest absolute Gasteiger partial charge is 0.307 e. The van der Waals surface area contributed by atoms with E-state index in [0.717, 1.165) is 16.3 Å². The number of rotatable bonds is 6. The summed E-state index contributed by atoms with van der Waals surface area (Å²) in [5.41, 5.74) is 1.61. The lowest BCUT2D eigenvalue weighted by atomic mass is 9.92. The van der Waals surface area contributed by atoms with Gasteiger partial charge in [0, 0.05) is 12.1 Å². The molecule has 0 aliphatic carbocycles. The number of anilines is 1. The first-order chi connectivity index (χ1) is 12.1. The van der Waals surface area contributed by atoms with Crippen LogP contribution in [-0.2, 0) is 16.0 Å². The van der Waals surface area contributed by atoms with E-state index in [4.69, 9.17) is 0 Å². The molecule has 0 saturated heterocycles. The molecule has 0 radical (unpaired) electrons. The second-order valence-electron chi connectivity index (χ2n) is 6.00. The van der Waals surface area contributed by atoms with Crippen LogP contribution < -0.4 is 5.32 Å². The minimum Gasteiger partial charge on any atom is -0.481 e. The van der Waals surface area contributed by atoms with Gasteiger partial charge in [-0.1, -0.05) is 60.7 Å². The van der Waals surface area contributed by atoms with Crippen molar-refractivity contribution in [1.82, 2.24) is 0 Å². The Kier molecular flexibility index (Phi) is 5.09. The lowest BCUT2D eigenvalue weighted by molar-refractivity contribution is -0.143. The SMILES string of the molecule is O=C(CC(Cc1cccc2ccccc12)C(=O)O)Nc1ccccc1. The molecule has 0 spiro atoms. The number of carboxylic acid groups (broad SMARTS) is 1. The fourth-order valence-corrected chi connectivity index (χ4v) is 2.94. The lowest BCUT2D eigenvalue weighted by Gasteiger charge is -2.14. The second kappa shape index (κ2) is 7.62. The molecule has 1 atom stereocenters. The van der Waals surface area contributed by atoms with Gasteiger partial charge < -0.3 is 10.4 Å². The van der Waals surface area contributed by atoms with E-state index in [1.165, 1.54) is 0 Å². The molecule has 4 heteroatoms. The van der Waals surface area contributed by atoms with Gasteiger partial charge in [-0.05, 0) is 34.9 Å². The van der Waals surface area contributed by atoms with Crippen LogP contribution in [0.3, 0.4) is 0 Å². The van der Waals surface area contributed by atoms with E-state index >= 15 is 0 Å². The lowest BCUT2D eigenvalue weighted by Crippen LogP contribution is -2.24. The molecule has 0 aliphatic rings. The number of hydrogen-bond donors (Lipinski definition) is 2. The Morgan fingerprint density at radius 2 is 1.56 bits per heavy atom. The number of fused-ring (bicyclic) bond motifs is 1. The zero-order valence-electron chi connectivity index (χ0n) is 13.7. The van der Waals surface area contributed by atoms with Crippen molar-refractivity contribution in [3.63, 3.8) is 0 Å². The molecular weight excluding hydrogens is 314 g/mol. The fraction of sp³-hybridized carbons (Fsp3) is 0.143. The average Bonchev–Trinajstić information content (AvgIpc) is 2.62. The van der Waals surface area contributed by atoms with E-state index in [-0.39, 0.29) is 12.3 Å². The first kappa shape index (κ1) is 16.7. The number of benzene rings is 3. The van der Waals surface area contributed by atoms with Crippen LogP contribution in [0.4, 0.5) is 5.69 Å². The number of carbonyl (C=O) groups is 2. The molecule has 0 saturated carbocycles. The summed E-state index contributed by atoms with van der Waals surface area (Å²) in [6.45, 7) is 0. The van der Waals surface area contributed by atoms with Gasteiger partial charge in [-0.2, -0.15) is 0 Å². The maximum absolute atomic E-state index is 12.2. The third-order valence-electron chi connectivity index (χ3n) is 4.18. The van der Waals surface area contributed by atoms with Crippen molar-refractivity contribution in [2.75, 3.05) is 5.32 Å². The largest absolute Gasteiger partial charge is 0.481 e. The normalized spacial score (nSPS) is 11.8. The molecule has 3 aromatic rings. The zero-order chi connectivity index (χ0) is 17.6. The van der Waals surface area contributed by atoms with Crippen LogP contribution in [0.1, 0.15) is 12.0 Å². The summed E-state index contributed by atoms with van der Waals surface area (Å²) in [6, 6.07) is 22.8. The summed E-state index contributed by atoms with van der Waals surface area (Å²) in [5, 5.41) is 14.4. The van der Waals surface area contributed by atoms with Crippen LogP contribution in [0.15, 0.2) is 72.8 Å². The van der Waals surface area contributed by atoms with Gasteiger partial charge in [-0.3, -0.25) is 9.59 Å². The third kappa shape index (κ3) is 4.23. The molecule has 25 heavy (non-hydrogen) atoms. The highest BCUT2D eigenvalue weighted by Crippen LogP contribution is 2.23. The molecule has 1 unspecified atom stereocenters. The average molecular weight is 333 g/mol. The maximum Gasteiger partial charge on any atom is 0.307 e. The van der Waals surface area contributed by atoms with Crippen LogP contribution >= 0.6 is 0 Å². The van der Waals surface area contributed by atoms with Gasteiger partial charge in [-0.15, -0.1) is 0 Å². The Morgan fingerprint density at radius 1 is 0.880 bits per heavy atom. The Morgan fingerprint density at radius 3 is 2.32 bits per heavy atom. The van der Waals surface area contributed by atoms with Crippen molar-refractivity contribution in [3.8, 4) is 0 Å². The Labute approximate surface area is 146 Å². The molecule has 3 aromatic carbocycles. The van der Waals surface area contributed by atoms with E-state index in [2.05, 4.69) is 5.32 Å².